The van der Waals surface area contributed by atoms with Crippen molar-refractivity contribution in [1.82, 2.24) is 10.3 Å². The topological polar surface area (TPSA) is 79.0 Å². The molecule has 1 heterocycles. The summed E-state index contributed by atoms with van der Waals surface area (Å²) in [6.45, 7) is 8.68. The number of para-hydroxylation sites is 1. The van der Waals surface area contributed by atoms with Crippen molar-refractivity contribution in [3.8, 4) is 0 Å². The maximum Gasteiger partial charge on any atom is 0.328 e. The summed E-state index contributed by atoms with van der Waals surface area (Å²) >= 11 is 0. The summed E-state index contributed by atoms with van der Waals surface area (Å²) in [5, 5.41) is 1.62. The zero-order valence-corrected chi connectivity index (χ0v) is 19.5. The molecule has 0 spiro atoms. The molecular weight excluding hydrogens is 394 g/mol. The number of anilines is 1. The van der Waals surface area contributed by atoms with Gasteiger partial charge in [0, 0.05) is 13.0 Å². The molecule has 0 aromatic heterocycles. The Morgan fingerprint density at radius 3 is 2.45 bits per heavy atom. The molecule has 1 aliphatic rings. The molecule has 2 amide bonds. The van der Waals surface area contributed by atoms with Crippen molar-refractivity contribution >= 4 is 23.5 Å². The molecule has 0 aliphatic carbocycles. The van der Waals surface area contributed by atoms with Gasteiger partial charge < -0.3 is 9.64 Å². The van der Waals surface area contributed by atoms with E-state index < -0.39 is 18.1 Å². The van der Waals surface area contributed by atoms with E-state index in [-0.39, 0.29) is 11.8 Å². The number of hydrogen-bond acceptors (Lipinski definition) is 5. The number of methoxy groups -OCH3 is 1. The Bertz CT molecular complexity index is 738. The van der Waals surface area contributed by atoms with Gasteiger partial charge in [0.1, 0.15) is 12.1 Å². The fourth-order valence-corrected chi connectivity index (χ4v) is 4.24. The summed E-state index contributed by atoms with van der Waals surface area (Å²) < 4.78 is 4.88. The highest BCUT2D eigenvalue weighted by Gasteiger charge is 2.38. The monoisotopic (exact) mass is 431 g/mol. The van der Waals surface area contributed by atoms with Gasteiger partial charge in [0.05, 0.1) is 12.8 Å². The van der Waals surface area contributed by atoms with Gasteiger partial charge in [-0.05, 0) is 50.2 Å². The minimum atomic E-state index is -0.665. The second kappa shape index (κ2) is 11.7. The number of esters is 1. The Morgan fingerprint density at radius 2 is 1.87 bits per heavy atom. The molecular formula is C24H37N3O4. The van der Waals surface area contributed by atoms with Gasteiger partial charge in [0.2, 0.25) is 11.8 Å². The average Bonchev–Trinajstić information content (AvgIpc) is 3.25. The molecule has 1 aliphatic heterocycles. The van der Waals surface area contributed by atoms with Crippen LogP contribution < -0.4 is 10.4 Å². The van der Waals surface area contributed by atoms with Crippen LogP contribution in [0.1, 0.15) is 59.8 Å². The molecule has 1 fully saturated rings. The van der Waals surface area contributed by atoms with E-state index in [2.05, 4.69) is 26.2 Å². The fraction of sp³-hybridized carbons (Fsp3) is 0.625. The molecule has 0 saturated carbocycles. The second-order valence-electron chi connectivity index (χ2n) is 8.74. The summed E-state index contributed by atoms with van der Waals surface area (Å²) in [4.78, 5) is 39.9. The molecule has 172 valence electrons. The van der Waals surface area contributed by atoms with E-state index in [4.69, 9.17) is 4.74 Å². The van der Waals surface area contributed by atoms with Gasteiger partial charge in [-0.15, -0.1) is 0 Å². The largest absolute Gasteiger partial charge is 0.467 e. The Morgan fingerprint density at radius 1 is 1.19 bits per heavy atom. The summed E-state index contributed by atoms with van der Waals surface area (Å²) in [5.41, 5.74) is 3.69. The highest BCUT2D eigenvalue weighted by atomic mass is 16.5. The number of carbonyl (C=O) groups is 3. The van der Waals surface area contributed by atoms with Crippen LogP contribution >= 0.6 is 0 Å². The number of amides is 2. The number of ether oxygens (including phenoxy) is 1. The SMILES string of the molecule is CC[C@H](CC(=O)NN(c1ccccc1)[C@@H](C)C(=O)N1CCC[C@H]1C(=O)OC)CC(C)C. The lowest BCUT2D eigenvalue weighted by molar-refractivity contribution is -0.151. The summed E-state index contributed by atoms with van der Waals surface area (Å²) in [7, 11) is 1.34. The molecule has 1 aromatic carbocycles. The highest BCUT2D eigenvalue weighted by molar-refractivity contribution is 5.91. The van der Waals surface area contributed by atoms with Crippen LogP contribution in [0.5, 0.6) is 0 Å². The molecule has 31 heavy (non-hydrogen) atoms. The molecule has 1 N–H and O–H groups in total. The van der Waals surface area contributed by atoms with Crippen LogP contribution in [0.4, 0.5) is 5.69 Å². The number of nitrogens with zero attached hydrogens (tertiary/aromatic N) is 2. The number of nitrogens with one attached hydrogen (secondary N) is 1. The van der Waals surface area contributed by atoms with Crippen molar-refractivity contribution in [2.24, 2.45) is 11.8 Å². The predicted octanol–water partition coefficient (Wildman–Crippen LogP) is 3.54. The van der Waals surface area contributed by atoms with Crippen LogP contribution in [-0.2, 0) is 19.1 Å². The first kappa shape index (κ1) is 24.7. The van der Waals surface area contributed by atoms with E-state index in [1.807, 2.05) is 30.3 Å². The first-order chi connectivity index (χ1) is 14.8. The third-order valence-electron chi connectivity index (χ3n) is 5.89. The Hall–Kier alpha value is -2.57. The lowest BCUT2D eigenvalue weighted by atomic mass is 9.92. The molecule has 0 radical (unpaired) electrons. The van der Waals surface area contributed by atoms with Crippen molar-refractivity contribution in [2.75, 3.05) is 18.7 Å². The number of hydrazine groups is 1. The average molecular weight is 432 g/mol. The quantitative estimate of drug-likeness (QED) is 0.453. The van der Waals surface area contributed by atoms with Gasteiger partial charge in [-0.25, -0.2) is 4.79 Å². The number of carbonyl (C=O) groups excluding carboxylic acids is 3. The van der Waals surface area contributed by atoms with Crippen molar-refractivity contribution in [1.29, 1.82) is 0 Å². The number of likely N-dealkylation sites (tertiary alicyclic amines) is 1. The lowest BCUT2D eigenvalue weighted by Crippen LogP contribution is -2.56. The van der Waals surface area contributed by atoms with Crippen molar-refractivity contribution < 1.29 is 19.1 Å². The zero-order valence-electron chi connectivity index (χ0n) is 19.5. The first-order valence-electron chi connectivity index (χ1n) is 11.3. The molecule has 0 bridgehead atoms. The summed E-state index contributed by atoms with van der Waals surface area (Å²) in [5.74, 6) is 0.112. The van der Waals surface area contributed by atoms with Gasteiger partial charge in [0.25, 0.3) is 0 Å². The number of benzene rings is 1. The second-order valence-corrected chi connectivity index (χ2v) is 8.74. The third-order valence-corrected chi connectivity index (χ3v) is 5.89. The number of rotatable bonds is 10. The Labute approximate surface area is 186 Å². The number of hydrogen-bond donors (Lipinski definition) is 1. The summed E-state index contributed by atoms with van der Waals surface area (Å²) in [6.07, 6.45) is 3.67. The molecule has 1 aromatic rings. The smallest absolute Gasteiger partial charge is 0.328 e. The van der Waals surface area contributed by atoms with Crippen LogP contribution in [0, 0.1) is 11.8 Å². The Kier molecular flexibility index (Phi) is 9.34. The summed E-state index contributed by atoms with van der Waals surface area (Å²) in [6, 6.07) is 8.11. The maximum absolute atomic E-state index is 13.3. The zero-order chi connectivity index (χ0) is 23.0. The van der Waals surface area contributed by atoms with Crippen molar-refractivity contribution in [3.05, 3.63) is 30.3 Å². The van der Waals surface area contributed by atoms with E-state index in [1.165, 1.54) is 7.11 Å². The van der Waals surface area contributed by atoms with Crippen LogP contribution in [0.25, 0.3) is 0 Å². The van der Waals surface area contributed by atoms with Gasteiger partial charge in [-0.1, -0.05) is 45.4 Å². The van der Waals surface area contributed by atoms with Crippen LogP contribution in [0.2, 0.25) is 0 Å². The normalized spacial score (nSPS) is 17.9. The first-order valence-corrected chi connectivity index (χ1v) is 11.3. The Balaban J connectivity index is 2.19. The van der Waals surface area contributed by atoms with Crippen molar-refractivity contribution in [2.45, 2.75) is 71.9 Å². The van der Waals surface area contributed by atoms with Gasteiger partial charge >= 0.3 is 5.97 Å². The fourth-order valence-electron chi connectivity index (χ4n) is 4.24. The van der Waals surface area contributed by atoms with Crippen LogP contribution in [0.15, 0.2) is 30.3 Å². The molecule has 1 saturated heterocycles. The van der Waals surface area contributed by atoms with Crippen LogP contribution in [-0.4, -0.2) is 48.4 Å². The van der Waals surface area contributed by atoms with E-state index in [0.717, 1.165) is 24.9 Å². The lowest BCUT2D eigenvalue weighted by Gasteiger charge is -2.34. The van der Waals surface area contributed by atoms with E-state index >= 15 is 0 Å². The molecule has 7 nitrogen and oxygen atoms in total. The van der Waals surface area contributed by atoms with Gasteiger partial charge in [0.15, 0.2) is 0 Å². The highest BCUT2D eigenvalue weighted by Crippen LogP contribution is 2.23. The van der Waals surface area contributed by atoms with Gasteiger partial charge in [-0.3, -0.25) is 20.0 Å². The molecule has 2 rings (SSSR count). The van der Waals surface area contributed by atoms with E-state index in [9.17, 15) is 14.4 Å². The van der Waals surface area contributed by atoms with E-state index in [1.54, 1.807) is 16.8 Å². The minimum absolute atomic E-state index is 0.109. The molecule has 0 unspecified atom stereocenters. The molecule has 7 heteroatoms. The van der Waals surface area contributed by atoms with Crippen molar-refractivity contribution in [3.63, 3.8) is 0 Å². The predicted molar refractivity (Wildman–Crippen MR) is 121 cm³/mol. The minimum Gasteiger partial charge on any atom is -0.467 e. The maximum atomic E-state index is 13.3. The third kappa shape index (κ3) is 6.71. The van der Waals surface area contributed by atoms with Gasteiger partial charge in [-0.2, -0.15) is 0 Å². The van der Waals surface area contributed by atoms with Crippen LogP contribution in [0.3, 0.4) is 0 Å². The van der Waals surface area contributed by atoms with E-state index in [0.29, 0.717) is 31.2 Å². The molecule has 3 atom stereocenters. The standard InChI is InChI=1S/C24H37N3O4/c1-6-19(15-17(2)3)16-22(28)25-27(20-11-8-7-9-12-20)18(4)23(29)26-14-10-13-21(26)24(30)31-5/h7-9,11-12,17-19,21H,6,10,13-16H2,1-5H3,(H,25,28)/t18-,19-,21-/m0/s1.